The summed E-state index contributed by atoms with van der Waals surface area (Å²) in [7, 11) is 0. The van der Waals surface area contributed by atoms with Crippen LogP contribution in [-0.4, -0.2) is 34.3 Å². The van der Waals surface area contributed by atoms with E-state index in [9.17, 15) is 20.0 Å². The van der Waals surface area contributed by atoms with Crippen molar-refractivity contribution < 1.29 is 14.7 Å². The predicted molar refractivity (Wildman–Crippen MR) is 71.6 cm³/mol. The lowest BCUT2D eigenvalue weighted by molar-refractivity contribution is -0.158. The van der Waals surface area contributed by atoms with Crippen molar-refractivity contribution in [3.8, 4) is 6.07 Å². The van der Waals surface area contributed by atoms with Crippen molar-refractivity contribution in [2.45, 2.75) is 25.9 Å². The van der Waals surface area contributed by atoms with Gasteiger partial charge in [0.15, 0.2) is 5.78 Å². The Morgan fingerprint density at radius 2 is 2.15 bits per heavy atom. The van der Waals surface area contributed by atoms with Crippen LogP contribution in [0.5, 0.6) is 0 Å². The number of carbonyl (C=O) groups is 2. The van der Waals surface area contributed by atoms with Crippen molar-refractivity contribution in [3.05, 3.63) is 35.9 Å². The summed E-state index contributed by atoms with van der Waals surface area (Å²) in [6.07, 6.45) is 0.0943. The van der Waals surface area contributed by atoms with Gasteiger partial charge in [0.05, 0.1) is 6.07 Å². The first-order chi connectivity index (χ1) is 9.52. The molecule has 0 bridgehead atoms. The van der Waals surface area contributed by atoms with Crippen molar-refractivity contribution in [1.82, 2.24) is 4.90 Å². The van der Waals surface area contributed by atoms with Crippen molar-refractivity contribution >= 4 is 11.8 Å². The number of piperidine rings is 1. The number of nitriles is 1. The average Bonchev–Trinajstić information content (AvgIpc) is 2.44. The second-order valence-corrected chi connectivity index (χ2v) is 5.03. The van der Waals surface area contributed by atoms with Crippen LogP contribution in [0.1, 0.15) is 18.9 Å². The second kappa shape index (κ2) is 5.43. The summed E-state index contributed by atoms with van der Waals surface area (Å²) in [5, 5.41) is 18.6. The van der Waals surface area contributed by atoms with Crippen LogP contribution in [0, 0.1) is 16.7 Å². The summed E-state index contributed by atoms with van der Waals surface area (Å²) < 4.78 is 0. The third kappa shape index (κ3) is 2.19. The van der Waals surface area contributed by atoms with Crippen LogP contribution in [0.4, 0.5) is 0 Å². The molecule has 104 valence electrons. The fourth-order valence-corrected chi connectivity index (χ4v) is 2.68. The minimum atomic E-state index is -1.95. The van der Waals surface area contributed by atoms with Gasteiger partial charge in [0, 0.05) is 25.6 Å². The number of carboxylic acids is 1. The van der Waals surface area contributed by atoms with Crippen molar-refractivity contribution in [3.63, 3.8) is 0 Å². The zero-order chi connectivity index (χ0) is 14.8. The maximum absolute atomic E-state index is 12.0. The molecule has 1 aliphatic heterocycles. The number of benzene rings is 1. The topological polar surface area (TPSA) is 81.4 Å². The zero-order valence-electron chi connectivity index (χ0n) is 11.2. The Morgan fingerprint density at radius 1 is 1.50 bits per heavy atom. The van der Waals surface area contributed by atoms with Crippen LogP contribution in [0.3, 0.4) is 0 Å². The van der Waals surface area contributed by atoms with Crippen LogP contribution in [-0.2, 0) is 16.1 Å². The van der Waals surface area contributed by atoms with Gasteiger partial charge < -0.3 is 5.11 Å². The number of aliphatic carboxylic acids is 1. The molecule has 0 radical (unpaired) electrons. The van der Waals surface area contributed by atoms with E-state index in [1.807, 2.05) is 35.2 Å². The lowest BCUT2D eigenvalue weighted by Gasteiger charge is -2.40. The molecule has 2 atom stereocenters. The van der Waals surface area contributed by atoms with E-state index in [0.29, 0.717) is 13.1 Å². The maximum atomic E-state index is 12.0. The number of rotatable bonds is 3. The van der Waals surface area contributed by atoms with E-state index in [0.717, 1.165) is 5.56 Å². The Hall–Kier alpha value is -2.19. The molecule has 2 rings (SSSR count). The summed E-state index contributed by atoms with van der Waals surface area (Å²) in [6.45, 7) is 2.65. The smallest absolute Gasteiger partial charge is 0.333 e. The monoisotopic (exact) mass is 272 g/mol. The number of likely N-dealkylation sites (tertiary alicyclic amines) is 1. The number of carboxylic acid groups (broad SMARTS) is 1. The van der Waals surface area contributed by atoms with Crippen LogP contribution in [0.2, 0.25) is 0 Å². The molecule has 0 amide bonds. The van der Waals surface area contributed by atoms with E-state index < -0.39 is 23.2 Å². The zero-order valence-corrected chi connectivity index (χ0v) is 11.2. The van der Waals surface area contributed by atoms with E-state index in [2.05, 4.69) is 0 Å². The molecular formula is C15H16N2O3. The highest BCUT2D eigenvalue weighted by Gasteiger charge is 2.55. The second-order valence-electron chi connectivity index (χ2n) is 5.03. The lowest BCUT2D eigenvalue weighted by atomic mass is 9.73. The molecule has 1 N–H and O–H groups in total. The molecule has 1 aromatic rings. The third-order valence-corrected chi connectivity index (χ3v) is 3.98. The molecule has 20 heavy (non-hydrogen) atoms. The van der Waals surface area contributed by atoms with E-state index in [1.54, 1.807) is 13.0 Å². The predicted octanol–water partition coefficient (Wildman–Crippen LogP) is 1.44. The molecule has 0 saturated carbocycles. The summed E-state index contributed by atoms with van der Waals surface area (Å²) >= 11 is 0. The first kappa shape index (κ1) is 14.2. The molecule has 0 aromatic heterocycles. The van der Waals surface area contributed by atoms with Crippen molar-refractivity contribution in [2.24, 2.45) is 5.41 Å². The molecule has 1 saturated heterocycles. The normalized spacial score (nSPS) is 27.0. The van der Waals surface area contributed by atoms with Crippen LogP contribution < -0.4 is 0 Å². The van der Waals surface area contributed by atoms with E-state index >= 15 is 0 Å². The summed E-state index contributed by atoms with van der Waals surface area (Å²) in [5.41, 5.74) is -0.918. The van der Waals surface area contributed by atoms with Gasteiger partial charge >= 0.3 is 5.97 Å². The van der Waals surface area contributed by atoms with Gasteiger partial charge in [-0.2, -0.15) is 5.26 Å². The molecule has 1 aliphatic rings. The number of nitrogens with zero attached hydrogens (tertiary/aromatic N) is 2. The minimum absolute atomic E-state index is 0.0943. The molecule has 0 spiro atoms. The van der Waals surface area contributed by atoms with Gasteiger partial charge in [-0.25, -0.2) is 4.79 Å². The number of hydrogen-bond donors (Lipinski definition) is 1. The molecule has 1 aromatic carbocycles. The van der Waals surface area contributed by atoms with Gasteiger partial charge in [0.2, 0.25) is 5.41 Å². The van der Waals surface area contributed by atoms with E-state index in [-0.39, 0.29) is 6.42 Å². The first-order valence-corrected chi connectivity index (χ1v) is 6.48. The summed E-state index contributed by atoms with van der Waals surface area (Å²) in [4.78, 5) is 25.3. The fraction of sp³-hybridized carbons (Fsp3) is 0.400. The molecule has 1 heterocycles. The Bertz CT molecular complexity index is 564. The van der Waals surface area contributed by atoms with Crippen LogP contribution in [0.25, 0.3) is 0 Å². The third-order valence-electron chi connectivity index (χ3n) is 3.98. The fourth-order valence-electron chi connectivity index (χ4n) is 2.68. The van der Waals surface area contributed by atoms with Gasteiger partial charge in [-0.15, -0.1) is 0 Å². The Labute approximate surface area is 117 Å². The standard InChI is InChI=1S/C15H16N2O3/c1-11-15(10-16,14(19)20)13(18)7-8-17(11)9-12-5-3-2-4-6-12/h2-6,11H,7-9H2,1H3,(H,19,20). The number of hydrogen-bond acceptors (Lipinski definition) is 4. The van der Waals surface area contributed by atoms with Crippen molar-refractivity contribution in [1.29, 1.82) is 5.26 Å². The number of Topliss-reactive ketones (excluding diaryl/α,β-unsaturated/α-hetero) is 1. The highest BCUT2D eigenvalue weighted by Crippen LogP contribution is 2.33. The molecular weight excluding hydrogens is 256 g/mol. The van der Waals surface area contributed by atoms with Gasteiger partial charge in [0.1, 0.15) is 0 Å². The quantitative estimate of drug-likeness (QED) is 0.842. The maximum Gasteiger partial charge on any atom is 0.333 e. The van der Waals surface area contributed by atoms with Gasteiger partial charge in [-0.05, 0) is 12.5 Å². The molecule has 2 unspecified atom stereocenters. The Morgan fingerprint density at radius 3 is 2.70 bits per heavy atom. The summed E-state index contributed by atoms with van der Waals surface area (Å²) in [5.74, 6) is -1.85. The highest BCUT2D eigenvalue weighted by molar-refractivity contribution is 6.07. The molecule has 5 heteroatoms. The number of ketones is 1. The van der Waals surface area contributed by atoms with Crippen LogP contribution >= 0.6 is 0 Å². The van der Waals surface area contributed by atoms with Crippen LogP contribution in [0.15, 0.2) is 30.3 Å². The van der Waals surface area contributed by atoms with E-state index in [4.69, 9.17) is 0 Å². The average molecular weight is 272 g/mol. The van der Waals surface area contributed by atoms with Gasteiger partial charge in [-0.3, -0.25) is 9.69 Å². The first-order valence-electron chi connectivity index (χ1n) is 6.48. The summed E-state index contributed by atoms with van der Waals surface area (Å²) in [6, 6.07) is 10.7. The van der Waals surface area contributed by atoms with Crippen molar-refractivity contribution in [2.75, 3.05) is 6.54 Å². The number of carbonyl (C=O) groups excluding carboxylic acids is 1. The van der Waals surface area contributed by atoms with E-state index in [1.165, 1.54) is 0 Å². The highest BCUT2D eigenvalue weighted by atomic mass is 16.4. The lowest BCUT2D eigenvalue weighted by Crippen LogP contribution is -2.58. The van der Waals surface area contributed by atoms with Gasteiger partial charge in [-0.1, -0.05) is 30.3 Å². The minimum Gasteiger partial charge on any atom is -0.480 e. The molecule has 1 fully saturated rings. The van der Waals surface area contributed by atoms with Gasteiger partial charge in [0.25, 0.3) is 0 Å². The molecule has 0 aliphatic carbocycles. The largest absolute Gasteiger partial charge is 0.480 e. The Kier molecular flexibility index (Phi) is 3.86. The molecule has 5 nitrogen and oxygen atoms in total. The SMILES string of the molecule is CC1N(Cc2ccccc2)CCC(=O)C1(C#N)C(=O)O. The Balaban J connectivity index is 2.28.